The number of aliphatic carboxylic acids is 1. The maximum absolute atomic E-state index is 9.37. The number of hydrogen-bond acceptors (Lipinski definition) is 3. The molecular formula is C11H18N2O2. The summed E-state index contributed by atoms with van der Waals surface area (Å²) in [6.45, 7) is 1.60. The first-order chi connectivity index (χ1) is 6.97. The zero-order valence-corrected chi connectivity index (χ0v) is 9.40. The van der Waals surface area contributed by atoms with Crippen molar-refractivity contribution in [3.05, 3.63) is 24.3 Å². The molecule has 15 heavy (non-hydrogen) atoms. The molecule has 84 valence electrons. The van der Waals surface area contributed by atoms with Crippen LogP contribution in [0, 0.1) is 0 Å². The standard InChI is InChI=1S/C8H12N2.C3H6O2/c1-10(2)8-5-3-7(9)4-6-8;1-2-3(4)5/h3-6H,9H2,1-2H3;2H2,1H3,(H,4,5). The fourth-order valence-electron chi connectivity index (χ4n) is 0.772. The van der Waals surface area contributed by atoms with Crippen molar-refractivity contribution in [2.75, 3.05) is 24.7 Å². The van der Waals surface area contributed by atoms with Gasteiger partial charge in [-0.05, 0) is 24.3 Å². The highest BCUT2D eigenvalue weighted by atomic mass is 16.4. The molecule has 0 fully saturated rings. The first-order valence-electron chi connectivity index (χ1n) is 4.72. The molecule has 0 heterocycles. The van der Waals surface area contributed by atoms with Crippen molar-refractivity contribution < 1.29 is 9.90 Å². The molecule has 0 spiro atoms. The van der Waals surface area contributed by atoms with Gasteiger partial charge in [-0.25, -0.2) is 0 Å². The Hall–Kier alpha value is -1.71. The number of nitrogens with two attached hydrogens (primary N) is 1. The normalized spacial score (nSPS) is 8.73. The average Bonchev–Trinajstić information content (AvgIpc) is 2.19. The van der Waals surface area contributed by atoms with Crippen molar-refractivity contribution >= 4 is 17.3 Å². The van der Waals surface area contributed by atoms with E-state index < -0.39 is 5.97 Å². The molecule has 0 saturated heterocycles. The Morgan fingerprint density at radius 1 is 1.33 bits per heavy atom. The van der Waals surface area contributed by atoms with Crippen molar-refractivity contribution in [3.63, 3.8) is 0 Å². The summed E-state index contributed by atoms with van der Waals surface area (Å²) < 4.78 is 0. The van der Waals surface area contributed by atoms with E-state index in [-0.39, 0.29) is 6.42 Å². The van der Waals surface area contributed by atoms with Crippen LogP contribution in [0.4, 0.5) is 11.4 Å². The van der Waals surface area contributed by atoms with Gasteiger partial charge in [0.2, 0.25) is 0 Å². The second kappa shape index (κ2) is 6.70. The Morgan fingerprint density at radius 3 is 2.00 bits per heavy atom. The van der Waals surface area contributed by atoms with Crippen molar-refractivity contribution in [2.24, 2.45) is 0 Å². The molecule has 1 aromatic rings. The summed E-state index contributed by atoms with van der Waals surface area (Å²) in [5.74, 6) is -0.745. The van der Waals surface area contributed by atoms with E-state index in [4.69, 9.17) is 10.8 Å². The van der Waals surface area contributed by atoms with Crippen LogP contribution in [0.1, 0.15) is 13.3 Å². The van der Waals surface area contributed by atoms with Crippen LogP contribution in [-0.2, 0) is 4.79 Å². The molecule has 3 N–H and O–H groups in total. The molecule has 0 aliphatic carbocycles. The van der Waals surface area contributed by atoms with Gasteiger partial charge in [0.05, 0.1) is 0 Å². The zero-order chi connectivity index (χ0) is 11.8. The van der Waals surface area contributed by atoms with Gasteiger partial charge in [0.15, 0.2) is 0 Å². The summed E-state index contributed by atoms with van der Waals surface area (Å²) >= 11 is 0. The molecule has 0 amide bonds. The molecule has 0 bridgehead atoms. The topological polar surface area (TPSA) is 66.6 Å². The summed E-state index contributed by atoms with van der Waals surface area (Å²) in [6, 6.07) is 7.79. The minimum absolute atomic E-state index is 0.222. The van der Waals surface area contributed by atoms with Crippen molar-refractivity contribution in [1.82, 2.24) is 0 Å². The van der Waals surface area contributed by atoms with Crippen LogP contribution in [0.3, 0.4) is 0 Å². The maximum atomic E-state index is 9.37. The third-order valence-corrected chi connectivity index (χ3v) is 1.71. The minimum atomic E-state index is -0.745. The fourth-order valence-corrected chi connectivity index (χ4v) is 0.772. The molecule has 0 aromatic heterocycles. The molecule has 0 aliphatic rings. The Morgan fingerprint density at radius 2 is 1.73 bits per heavy atom. The molecule has 0 atom stereocenters. The Kier molecular flexibility index (Phi) is 5.94. The van der Waals surface area contributed by atoms with Crippen molar-refractivity contribution in [2.45, 2.75) is 13.3 Å². The van der Waals surface area contributed by atoms with Crippen LogP contribution in [-0.4, -0.2) is 25.2 Å². The van der Waals surface area contributed by atoms with Gasteiger partial charge in [-0.3, -0.25) is 4.79 Å². The number of nitrogen functional groups attached to an aromatic ring is 1. The summed E-state index contributed by atoms with van der Waals surface area (Å²) in [7, 11) is 4.01. The maximum Gasteiger partial charge on any atom is 0.303 e. The van der Waals surface area contributed by atoms with Gasteiger partial charge in [-0.2, -0.15) is 0 Å². The summed E-state index contributed by atoms with van der Waals surface area (Å²) in [5, 5.41) is 7.72. The number of anilines is 2. The summed E-state index contributed by atoms with van der Waals surface area (Å²) in [4.78, 5) is 11.4. The molecule has 0 unspecified atom stereocenters. The molecule has 1 aromatic carbocycles. The highest BCUT2D eigenvalue weighted by Gasteiger charge is 1.91. The van der Waals surface area contributed by atoms with Gasteiger partial charge in [0.25, 0.3) is 0 Å². The van der Waals surface area contributed by atoms with Crippen LogP contribution < -0.4 is 10.6 Å². The first-order valence-corrected chi connectivity index (χ1v) is 4.72. The number of benzene rings is 1. The third-order valence-electron chi connectivity index (χ3n) is 1.71. The average molecular weight is 210 g/mol. The van der Waals surface area contributed by atoms with E-state index in [0.717, 1.165) is 5.69 Å². The largest absolute Gasteiger partial charge is 0.481 e. The molecule has 1 rings (SSSR count). The fraction of sp³-hybridized carbons (Fsp3) is 0.364. The smallest absolute Gasteiger partial charge is 0.303 e. The lowest BCUT2D eigenvalue weighted by molar-refractivity contribution is -0.136. The Labute approximate surface area is 90.3 Å². The molecule has 4 nitrogen and oxygen atoms in total. The Balaban J connectivity index is 0.000000336. The number of rotatable bonds is 2. The highest BCUT2D eigenvalue weighted by Crippen LogP contribution is 2.12. The summed E-state index contributed by atoms with van der Waals surface area (Å²) in [5.41, 5.74) is 7.49. The van der Waals surface area contributed by atoms with Gasteiger partial charge < -0.3 is 15.7 Å². The predicted octanol–water partition coefficient (Wildman–Crippen LogP) is 1.82. The van der Waals surface area contributed by atoms with Gasteiger partial charge in [0.1, 0.15) is 0 Å². The lowest BCUT2D eigenvalue weighted by Gasteiger charge is -2.11. The number of nitrogens with zero attached hydrogens (tertiary/aromatic N) is 1. The van der Waals surface area contributed by atoms with Gasteiger partial charge in [-0.15, -0.1) is 0 Å². The van der Waals surface area contributed by atoms with Crippen LogP contribution >= 0.6 is 0 Å². The first kappa shape index (κ1) is 13.3. The monoisotopic (exact) mass is 210 g/mol. The quantitative estimate of drug-likeness (QED) is 0.731. The zero-order valence-electron chi connectivity index (χ0n) is 9.40. The minimum Gasteiger partial charge on any atom is -0.481 e. The van der Waals surface area contributed by atoms with E-state index in [0.29, 0.717) is 0 Å². The molecular weight excluding hydrogens is 192 g/mol. The SMILES string of the molecule is CCC(=O)O.CN(C)c1ccc(N)cc1. The van der Waals surface area contributed by atoms with Gasteiger partial charge in [-0.1, -0.05) is 6.92 Å². The van der Waals surface area contributed by atoms with Gasteiger partial charge in [0, 0.05) is 31.9 Å². The van der Waals surface area contributed by atoms with Crippen LogP contribution in [0.2, 0.25) is 0 Å². The second-order valence-corrected chi connectivity index (χ2v) is 3.23. The Bertz CT molecular complexity index is 294. The highest BCUT2D eigenvalue weighted by molar-refractivity contribution is 5.66. The number of carboxylic acid groups (broad SMARTS) is 1. The van der Waals surface area contributed by atoms with Gasteiger partial charge >= 0.3 is 5.97 Å². The molecule has 4 heteroatoms. The van der Waals surface area contributed by atoms with E-state index in [9.17, 15) is 4.79 Å². The second-order valence-electron chi connectivity index (χ2n) is 3.23. The van der Waals surface area contributed by atoms with E-state index in [2.05, 4.69) is 0 Å². The predicted molar refractivity (Wildman–Crippen MR) is 63.1 cm³/mol. The van der Waals surface area contributed by atoms with Crippen LogP contribution in [0.25, 0.3) is 0 Å². The van der Waals surface area contributed by atoms with Crippen LogP contribution in [0.15, 0.2) is 24.3 Å². The van der Waals surface area contributed by atoms with E-state index in [1.54, 1.807) is 6.92 Å². The van der Waals surface area contributed by atoms with E-state index >= 15 is 0 Å². The number of carboxylic acids is 1. The lowest BCUT2D eigenvalue weighted by atomic mass is 10.3. The van der Waals surface area contributed by atoms with E-state index in [1.165, 1.54) is 5.69 Å². The van der Waals surface area contributed by atoms with Crippen molar-refractivity contribution in [3.8, 4) is 0 Å². The summed E-state index contributed by atoms with van der Waals surface area (Å²) in [6.07, 6.45) is 0.222. The number of hydrogen-bond donors (Lipinski definition) is 2. The van der Waals surface area contributed by atoms with Crippen molar-refractivity contribution in [1.29, 1.82) is 0 Å². The molecule has 0 saturated carbocycles. The lowest BCUT2D eigenvalue weighted by Crippen LogP contribution is -2.08. The van der Waals surface area contributed by atoms with E-state index in [1.807, 2.05) is 43.3 Å². The number of carbonyl (C=O) groups is 1. The molecule has 0 radical (unpaired) electrons. The molecule has 0 aliphatic heterocycles. The van der Waals surface area contributed by atoms with Crippen LogP contribution in [0.5, 0.6) is 0 Å². The third kappa shape index (κ3) is 6.37.